The highest BCUT2D eigenvalue weighted by molar-refractivity contribution is 9.10. The Hall–Kier alpha value is -0.580. The normalized spacial score (nSPS) is 17.9. The molecule has 0 aliphatic heterocycles. The second kappa shape index (κ2) is 6.92. The maximum Gasteiger partial charge on any atom is 0.0782 e. The summed E-state index contributed by atoms with van der Waals surface area (Å²) in [5, 5.41) is 10.1. The molecule has 1 N–H and O–H groups in total. The highest BCUT2D eigenvalue weighted by Gasteiger charge is 2.33. The average molecular weight is 342 g/mol. The third kappa shape index (κ3) is 3.74. The summed E-state index contributed by atoms with van der Waals surface area (Å²) in [6.45, 7) is 5.66. The molecular formula is C16H24BrNO2. The SMILES string of the molecule is COCCN(c1ccc(Br)cc1C(C)O)C(C)C1CC1. The van der Waals surface area contributed by atoms with Crippen molar-refractivity contribution in [3.8, 4) is 0 Å². The predicted molar refractivity (Wildman–Crippen MR) is 86.2 cm³/mol. The highest BCUT2D eigenvalue weighted by Crippen LogP contribution is 2.39. The van der Waals surface area contributed by atoms with Gasteiger partial charge < -0.3 is 14.7 Å². The molecule has 112 valence electrons. The minimum atomic E-state index is -0.473. The van der Waals surface area contributed by atoms with Crippen molar-refractivity contribution in [3.63, 3.8) is 0 Å². The van der Waals surface area contributed by atoms with Crippen LogP contribution in [0.4, 0.5) is 5.69 Å². The number of aliphatic hydroxyl groups excluding tert-OH is 1. The van der Waals surface area contributed by atoms with E-state index in [1.54, 1.807) is 7.11 Å². The van der Waals surface area contributed by atoms with Crippen LogP contribution >= 0.6 is 15.9 Å². The first-order valence-electron chi connectivity index (χ1n) is 7.27. The van der Waals surface area contributed by atoms with Gasteiger partial charge in [-0.1, -0.05) is 15.9 Å². The second-order valence-corrected chi connectivity index (χ2v) is 6.56. The van der Waals surface area contributed by atoms with Gasteiger partial charge >= 0.3 is 0 Å². The molecule has 0 heterocycles. The topological polar surface area (TPSA) is 32.7 Å². The number of nitrogens with zero attached hydrogens (tertiary/aromatic N) is 1. The molecule has 1 aromatic carbocycles. The zero-order valence-electron chi connectivity index (χ0n) is 12.5. The largest absolute Gasteiger partial charge is 0.389 e. The Morgan fingerprint density at radius 3 is 2.65 bits per heavy atom. The molecule has 0 aromatic heterocycles. The molecule has 4 heteroatoms. The van der Waals surface area contributed by atoms with Crippen molar-refractivity contribution in [2.24, 2.45) is 5.92 Å². The highest BCUT2D eigenvalue weighted by atomic mass is 79.9. The molecule has 0 spiro atoms. The van der Waals surface area contributed by atoms with Crippen LogP contribution in [0.5, 0.6) is 0 Å². The number of aliphatic hydroxyl groups is 1. The van der Waals surface area contributed by atoms with Crippen LogP contribution in [0.3, 0.4) is 0 Å². The second-order valence-electron chi connectivity index (χ2n) is 5.64. The first-order valence-corrected chi connectivity index (χ1v) is 8.07. The number of hydrogen-bond donors (Lipinski definition) is 1. The summed E-state index contributed by atoms with van der Waals surface area (Å²) in [5.41, 5.74) is 2.10. The summed E-state index contributed by atoms with van der Waals surface area (Å²) in [4.78, 5) is 2.38. The zero-order chi connectivity index (χ0) is 14.7. The van der Waals surface area contributed by atoms with Crippen LogP contribution in [-0.2, 0) is 4.74 Å². The Labute approximate surface area is 130 Å². The van der Waals surface area contributed by atoms with Crippen LogP contribution in [0.2, 0.25) is 0 Å². The summed E-state index contributed by atoms with van der Waals surface area (Å²) in [5.74, 6) is 0.775. The van der Waals surface area contributed by atoms with Gasteiger partial charge in [-0.05, 0) is 50.8 Å². The molecule has 2 atom stereocenters. The van der Waals surface area contributed by atoms with Crippen molar-refractivity contribution < 1.29 is 9.84 Å². The number of rotatable bonds is 7. The van der Waals surface area contributed by atoms with Gasteiger partial charge in [0.15, 0.2) is 0 Å². The molecule has 0 amide bonds. The lowest BCUT2D eigenvalue weighted by Crippen LogP contribution is -2.38. The van der Waals surface area contributed by atoms with E-state index in [2.05, 4.69) is 33.8 Å². The van der Waals surface area contributed by atoms with Crippen molar-refractivity contribution in [3.05, 3.63) is 28.2 Å². The monoisotopic (exact) mass is 341 g/mol. The lowest BCUT2D eigenvalue weighted by molar-refractivity contribution is 0.196. The van der Waals surface area contributed by atoms with Crippen LogP contribution in [-0.4, -0.2) is 31.4 Å². The fraction of sp³-hybridized carbons (Fsp3) is 0.625. The Kier molecular flexibility index (Phi) is 5.47. The molecule has 3 nitrogen and oxygen atoms in total. The number of hydrogen-bond acceptors (Lipinski definition) is 3. The molecule has 2 unspecified atom stereocenters. The molecule has 20 heavy (non-hydrogen) atoms. The van der Waals surface area contributed by atoms with Crippen LogP contribution in [0.1, 0.15) is 38.4 Å². The molecular weight excluding hydrogens is 318 g/mol. The molecule has 1 aliphatic rings. The van der Waals surface area contributed by atoms with Crippen molar-refractivity contribution in [1.82, 2.24) is 0 Å². The standard InChI is InChI=1S/C16H24BrNO2/c1-11(13-4-5-13)18(8-9-20-3)16-7-6-14(17)10-15(16)12(2)19/h6-7,10-13,19H,4-5,8-9H2,1-3H3. The van der Waals surface area contributed by atoms with E-state index in [0.29, 0.717) is 12.6 Å². The first-order chi connectivity index (χ1) is 9.54. The van der Waals surface area contributed by atoms with Gasteiger partial charge in [0, 0.05) is 35.4 Å². The van der Waals surface area contributed by atoms with Crippen LogP contribution in [0, 0.1) is 5.92 Å². The third-order valence-electron chi connectivity index (χ3n) is 4.08. The smallest absolute Gasteiger partial charge is 0.0782 e. The maximum atomic E-state index is 10.1. The van der Waals surface area contributed by atoms with Gasteiger partial charge in [-0.2, -0.15) is 0 Å². The number of halogens is 1. The molecule has 1 aliphatic carbocycles. The molecule has 0 radical (unpaired) electrons. The number of benzene rings is 1. The van der Waals surface area contributed by atoms with Crippen molar-refractivity contribution in [2.45, 2.75) is 38.8 Å². The molecule has 1 aromatic rings. The van der Waals surface area contributed by atoms with Gasteiger partial charge in [-0.25, -0.2) is 0 Å². The molecule has 2 rings (SSSR count). The third-order valence-corrected chi connectivity index (χ3v) is 4.57. The van der Waals surface area contributed by atoms with Crippen molar-refractivity contribution >= 4 is 21.6 Å². The quantitative estimate of drug-likeness (QED) is 0.819. The van der Waals surface area contributed by atoms with Crippen molar-refractivity contribution in [1.29, 1.82) is 0 Å². The Balaban J connectivity index is 2.31. The summed E-state index contributed by atoms with van der Waals surface area (Å²) < 4.78 is 6.26. The van der Waals surface area contributed by atoms with Crippen LogP contribution < -0.4 is 4.90 Å². The van der Waals surface area contributed by atoms with Crippen LogP contribution in [0.25, 0.3) is 0 Å². The molecule has 1 fully saturated rings. The minimum Gasteiger partial charge on any atom is -0.389 e. The molecule has 1 saturated carbocycles. The Morgan fingerprint density at radius 1 is 1.40 bits per heavy atom. The number of ether oxygens (including phenoxy) is 1. The van der Waals surface area contributed by atoms with Gasteiger partial charge in [-0.15, -0.1) is 0 Å². The van der Waals surface area contributed by atoms with E-state index in [4.69, 9.17) is 4.74 Å². The molecule has 0 bridgehead atoms. The van der Waals surface area contributed by atoms with E-state index in [0.717, 1.165) is 28.2 Å². The average Bonchev–Trinajstić information content (AvgIpc) is 3.24. The number of methoxy groups -OCH3 is 1. The Morgan fingerprint density at radius 2 is 2.10 bits per heavy atom. The fourth-order valence-corrected chi connectivity index (χ4v) is 3.07. The van der Waals surface area contributed by atoms with Crippen LogP contribution in [0.15, 0.2) is 22.7 Å². The van der Waals surface area contributed by atoms with Gasteiger partial charge in [0.25, 0.3) is 0 Å². The Bertz CT molecular complexity index is 446. The van der Waals surface area contributed by atoms with Gasteiger partial charge in [0.1, 0.15) is 0 Å². The maximum absolute atomic E-state index is 10.1. The summed E-state index contributed by atoms with van der Waals surface area (Å²) in [6, 6.07) is 6.64. The first kappa shape index (κ1) is 15.8. The summed E-state index contributed by atoms with van der Waals surface area (Å²) in [6.07, 6.45) is 2.15. The van der Waals surface area contributed by atoms with Crippen molar-refractivity contribution in [2.75, 3.05) is 25.2 Å². The van der Waals surface area contributed by atoms with Gasteiger partial charge in [0.2, 0.25) is 0 Å². The van der Waals surface area contributed by atoms with E-state index in [1.165, 1.54) is 12.8 Å². The fourth-order valence-electron chi connectivity index (χ4n) is 2.69. The zero-order valence-corrected chi connectivity index (χ0v) is 14.1. The van der Waals surface area contributed by atoms with E-state index >= 15 is 0 Å². The van der Waals surface area contributed by atoms with E-state index in [-0.39, 0.29) is 0 Å². The lowest BCUT2D eigenvalue weighted by Gasteiger charge is -2.33. The predicted octanol–water partition coefficient (Wildman–Crippen LogP) is 3.75. The van der Waals surface area contributed by atoms with E-state index < -0.39 is 6.10 Å². The summed E-state index contributed by atoms with van der Waals surface area (Å²) >= 11 is 3.49. The summed E-state index contributed by atoms with van der Waals surface area (Å²) in [7, 11) is 1.73. The minimum absolute atomic E-state index is 0.473. The van der Waals surface area contributed by atoms with Gasteiger partial charge in [0.05, 0.1) is 12.7 Å². The molecule has 0 saturated heterocycles. The lowest BCUT2D eigenvalue weighted by atomic mass is 10.0. The van der Waals surface area contributed by atoms with E-state index in [1.807, 2.05) is 19.1 Å². The van der Waals surface area contributed by atoms with Gasteiger partial charge in [-0.3, -0.25) is 0 Å². The van der Waals surface area contributed by atoms with E-state index in [9.17, 15) is 5.11 Å². The number of anilines is 1.